The summed E-state index contributed by atoms with van der Waals surface area (Å²) in [7, 11) is 0. The highest BCUT2D eigenvalue weighted by Crippen LogP contribution is 2.11. The Hall–Kier alpha value is -2.38. The summed E-state index contributed by atoms with van der Waals surface area (Å²) < 4.78 is 0. The van der Waals surface area contributed by atoms with Gasteiger partial charge in [0.1, 0.15) is 12.1 Å². The van der Waals surface area contributed by atoms with Gasteiger partial charge >= 0.3 is 5.97 Å². The number of rotatable bonds is 16. The second kappa shape index (κ2) is 15.5. The number of hydrogen-bond acceptors (Lipinski definition) is 8. The van der Waals surface area contributed by atoms with Crippen LogP contribution in [0, 0.1) is 5.92 Å². The first-order valence-corrected chi connectivity index (χ1v) is 12.1. The van der Waals surface area contributed by atoms with Crippen molar-refractivity contribution >= 4 is 41.4 Å². The number of primary amides is 1. The van der Waals surface area contributed by atoms with E-state index in [9.17, 15) is 34.2 Å². The van der Waals surface area contributed by atoms with E-state index in [1.807, 2.05) is 13.2 Å². The lowest BCUT2D eigenvalue weighted by Gasteiger charge is -2.28. The lowest BCUT2D eigenvalue weighted by atomic mass is 9.97. The van der Waals surface area contributed by atoms with E-state index in [0.717, 1.165) is 0 Å². The van der Waals surface area contributed by atoms with Crippen LogP contribution in [0.5, 0.6) is 0 Å². The molecule has 0 spiro atoms. The lowest BCUT2D eigenvalue weighted by molar-refractivity contribution is -0.145. The topological polar surface area (TPSA) is 214 Å². The molecule has 0 saturated heterocycles. The van der Waals surface area contributed by atoms with E-state index in [-0.39, 0.29) is 18.8 Å². The number of nitrogens with one attached hydrogen (secondary N) is 3. The van der Waals surface area contributed by atoms with E-state index >= 15 is 0 Å². The number of nitrogens with two attached hydrogens (primary N) is 2. The molecule has 6 unspecified atom stereocenters. The van der Waals surface area contributed by atoms with Gasteiger partial charge in [-0.1, -0.05) is 20.3 Å². The molecule has 4 amide bonds. The van der Waals surface area contributed by atoms with Crippen LogP contribution in [0.4, 0.5) is 0 Å². The van der Waals surface area contributed by atoms with E-state index in [2.05, 4.69) is 16.0 Å². The van der Waals surface area contributed by atoms with Gasteiger partial charge in [0, 0.05) is 6.42 Å². The van der Waals surface area contributed by atoms with Gasteiger partial charge in [-0.25, -0.2) is 4.79 Å². The SMILES string of the molecule is CCC(C)C(NC(=O)C(N)CCSC)C(=O)NC(CCC(N)=O)C(=O)NC(C(=O)O)C(C)O. The van der Waals surface area contributed by atoms with Crippen molar-refractivity contribution in [3.63, 3.8) is 0 Å². The summed E-state index contributed by atoms with van der Waals surface area (Å²) in [6, 6.07) is -4.77. The van der Waals surface area contributed by atoms with Gasteiger partial charge < -0.3 is 37.6 Å². The maximum Gasteiger partial charge on any atom is 0.328 e. The molecular formula is C20H37N5O7S. The number of aliphatic hydroxyl groups excluding tert-OH is 1. The van der Waals surface area contributed by atoms with Gasteiger partial charge in [0.05, 0.1) is 12.1 Å². The minimum absolute atomic E-state index is 0.201. The minimum Gasteiger partial charge on any atom is -0.480 e. The van der Waals surface area contributed by atoms with Gasteiger partial charge in [0.25, 0.3) is 0 Å². The van der Waals surface area contributed by atoms with Crippen LogP contribution in [0.15, 0.2) is 0 Å². The van der Waals surface area contributed by atoms with E-state index in [1.165, 1.54) is 18.7 Å². The predicted octanol–water partition coefficient (Wildman–Crippen LogP) is -1.70. The third-order valence-corrected chi connectivity index (χ3v) is 5.77. The Morgan fingerprint density at radius 3 is 1.97 bits per heavy atom. The number of thioether (sulfide) groups is 1. The van der Waals surface area contributed by atoms with Crippen LogP contribution in [0.1, 0.15) is 46.5 Å². The zero-order valence-corrected chi connectivity index (χ0v) is 20.3. The number of aliphatic hydroxyl groups is 1. The van der Waals surface area contributed by atoms with Crippen LogP contribution >= 0.6 is 11.8 Å². The highest BCUT2D eigenvalue weighted by Gasteiger charge is 2.33. The molecule has 0 aromatic carbocycles. The molecule has 0 rings (SSSR count). The highest BCUT2D eigenvalue weighted by atomic mass is 32.2. The maximum atomic E-state index is 13.0. The summed E-state index contributed by atoms with van der Waals surface area (Å²) in [5, 5.41) is 26.0. The Labute approximate surface area is 198 Å². The van der Waals surface area contributed by atoms with Crippen LogP contribution in [-0.4, -0.2) is 82.1 Å². The molecule has 0 heterocycles. The second-order valence-electron chi connectivity index (χ2n) is 7.89. The zero-order chi connectivity index (χ0) is 25.7. The smallest absolute Gasteiger partial charge is 0.328 e. The number of carbonyl (C=O) groups is 5. The monoisotopic (exact) mass is 491 g/mol. The first-order valence-electron chi connectivity index (χ1n) is 10.7. The molecule has 33 heavy (non-hydrogen) atoms. The average molecular weight is 492 g/mol. The van der Waals surface area contributed by atoms with Crippen molar-refractivity contribution in [2.45, 2.75) is 76.7 Å². The molecule has 190 valence electrons. The molecule has 0 bridgehead atoms. The minimum atomic E-state index is -1.62. The van der Waals surface area contributed by atoms with Gasteiger partial charge in [-0.15, -0.1) is 0 Å². The molecule has 0 aliphatic rings. The zero-order valence-electron chi connectivity index (χ0n) is 19.5. The van der Waals surface area contributed by atoms with Gasteiger partial charge in [-0.05, 0) is 37.7 Å². The fraction of sp³-hybridized carbons (Fsp3) is 0.750. The molecule has 6 atom stereocenters. The third kappa shape index (κ3) is 11.3. The van der Waals surface area contributed by atoms with E-state index in [4.69, 9.17) is 11.5 Å². The summed E-state index contributed by atoms with van der Waals surface area (Å²) in [4.78, 5) is 60.6. The first-order chi connectivity index (χ1) is 15.3. The van der Waals surface area contributed by atoms with Crippen molar-refractivity contribution in [2.24, 2.45) is 17.4 Å². The van der Waals surface area contributed by atoms with E-state index in [0.29, 0.717) is 18.6 Å². The predicted molar refractivity (Wildman–Crippen MR) is 124 cm³/mol. The van der Waals surface area contributed by atoms with Crippen LogP contribution in [0.2, 0.25) is 0 Å². The largest absolute Gasteiger partial charge is 0.480 e. The lowest BCUT2D eigenvalue weighted by Crippen LogP contribution is -2.59. The quantitative estimate of drug-likeness (QED) is 0.131. The number of hydrogen-bond donors (Lipinski definition) is 7. The molecule has 12 nitrogen and oxygen atoms in total. The van der Waals surface area contributed by atoms with Crippen molar-refractivity contribution in [1.82, 2.24) is 16.0 Å². The molecule has 13 heteroatoms. The Balaban J connectivity index is 5.57. The van der Waals surface area contributed by atoms with E-state index < -0.39 is 59.9 Å². The van der Waals surface area contributed by atoms with Crippen molar-refractivity contribution < 1.29 is 34.2 Å². The second-order valence-corrected chi connectivity index (χ2v) is 8.88. The molecule has 0 aliphatic carbocycles. The number of carbonyl (C=O) groups excluding carboxylic acids is 4. The number of amides is 4. The molecule has 0 saturated carbocycles. The maximum absolute atomic E-state index is 13.0. The molecule has 0 aromatic heterocycles. The normalized spacial score (nSPS) is 16.4. The Kier molecular flexibility index (Phi) is 14.3. The molecule has 0 aliphatic heterocycles. The molecular weight excluding hydrogens is 454 g/mol. The van der Waals surface area contributed by atoms with Crippen LogP contribution < -0.4 is 27.4 Å². The van der Waals surface area contributed by atoms with Crippen molar-refractivity contribution in [3.05, 3.63) is 0 Å². The highest BCUT2D eigenvalue weighted by molar-refractivity contribution is 7.98. The summed E-state index contributed by atoms with van der Waals surface area (Å²) in [6.07, 6.45) is 0.956. The standard InChI is InChI=1S/C20H37N5O7S/c1-5-10(2)15(24-17(28)12(21)8-9-33-4)19(30)23-13(6-7-14(22)27)18(29)25-16(11(3)26)20(31)32/h10-13,15-16,26H,5-9,21H2,1-4H3,(H2,22,27)(H,23,30)(H,24,28)(H,25,29)(H,31,32). The fourth-order valence-electron chi connectivity index (χ4n) is 2.80. The molecule has 0 aromatic rings. The molecule has 0 fully saturated rings. The van der Waals surface area contributed by atoms with Crippen LogP contribution in [0.25, 0.3) is 0 Å². The van der Waals surface area contributed by atoms with Gasteiger partial charge in [-0.3, -0.25) is 19.2 Å². The van der Waals surface area contributed by atoms with Crippen molar-refractivity contribution in [3.8, 4) is 0 Å². The number of carboxylic acid groups (broad SMARTS) is 1. The molecule has 9 N–H and O–H groups in total. The average Bonchev–Trinajstić information content (AvgIpc) is 2.74. The van der Waals surface area contributed by atoms with Gasteiger partial charge in [0.2, 0.25) is 23.6 Å². The Bertz CT molecular complexity index is 692. The summed E-state index contributed by atoms with van der Waals surface area (Å²) in [5.41, 5.74) is 11.0. The Morgan fingerprint density at radius 1 is 0.939 bits per heavy atom. The van der Waals surface area contributed by atoms with Crippen LogP contribution in [-0.2, 0) is 24.0 Å². The summed E-state index contributed by atoms with van der Waals surface area (Å²) in [6.45, 7) is 4.75. The van der Waals surface area contributed by atoms with Gasteiger partial charge in [0.15, 0.2) is 6.04 Å². The fourth-order valence-corrected chi connectivity index (χ4v) is 3.29. The van der Waals surface area contributed by atoms with Crippen LogP contribution in [0.3, 0.4) is 0 Å². The summed E-state index contributed by atoms with van der Waals surface area (Å²) in [5.74, 6) is -3.96. The van der Waals surface area contributed by atoms with Gasteiger partial charge in [-0.2, -0.15) is 11.8 Å². The third-order valence-electron chi connectivity index (χ3n) is 5.12. The van der Waals surface area contributed by atoms with Crippen molar-refractivity contribution in [1.29, 1.82) is 0 Å². The summed E-state index contributed by atoms with van der Waals surface area (Å²) >= 11 is 1.53. The molecule has 0 radical (unpaired) electrons. The van der Waals surface area contributed by atoms with E-state index in [1.54, 1.807) is 6.92 Å². The first kappa shape index (κ1) is 30.6. The van der Waals surface area contributed by atoms with Crippen molar-refractivity contribution in [2.75, 3.05) is 12.0 Å². The number of carboxylic acids is 1. The number of aliphatic carboxylic acids is 1. The Morgan fingerprint density at radius 2 is 1.52 bits per heavy atom.